The van der Waals surface area contributed by atoms with Gasteiger partial charge in [0.1, 0.15) is 4.64 Å². The second kappa shape index (κ2) is 4.73. The van der Waals surface area contributed by atoms with E-state index in [0.29, 0.717) is 5.92 Å². The highest BCUT2D eigenvalue weighted by Crippen LogP contribution is 2.33. The summed E-state index contributed by atoms with van der Waals surface area (Å²) in [7, 11) is 0. The van der Waals surface area contributed by atoms with Gasteiger partial charge in [0.2, 0.25) is 0 Å². The summed E-state index contributed by atoms with van der Waals surface area (Å²) in [5, 5.41) is 3.49. The fraction of sp³-hybridized carbons (Fsp3) is 0.400. The molecule has 0 spiro atoms. The molecule has 3 rings (SSSR count). The summed E-state index contributed by atoms with van der Waals surface area (Å²) in [5.74, 6) is 0.678. The van der Waals surface area contributed by atoms with E-state index in [4.69, 9.17) is 12.2 Å². The molecule has 1 N–H and O–H groups in total. The van der Waals surface area contributed by atoms with Gasteiger partial charge in [-0.15, -0.1) is 0 Å². The molecular formula is C15H18N2S. The Morgan fingerprint density at radius 3 is 2.67 bits per heavy atom. The first-order chi connectivity index (χ1) is 8.75. The van der Waals surface area contributed by atoms with Crippen LogP contribution in [0.3, 0.4) is 0 Å². The molecule has 2 aromatic rings. The van der Waals surface area contributed by atoms with Crippen molar-refractivity contribution < 1.29 is 0 Å². The van der Waals surface area contributed by atoms with E-state index in [0.717, 1.165) is 10.3 Å². The summed E-state index contributed by atoms with van der Waals surface area (Å²) in [6.45, 7) is 2.12. The summed E-state index contributed by atoms with van der Waals surface area (Å²) in [5.41, 5.74) is 3.71. The molecule has 0 atom stereocenters. The Kier molecular flexibility index (Phi) is 3.08. The van der Waals surface area contributed by atoms with Crippen molar-refractivity contribution in [3.63, 3.8) is 0 Å². The van der Waals surface area contributed by atoms with Gasteiger partial charge >= 0.3 is 0 Å². The molecule has 0 saturated heterocycles. The molecule has 1 aliphatic carbocycles. The number of hydrogen-bond acceptors (Lipinski definition) is 1. The maximum atomic E-state index is 5.48. The molecule has 1 aromatic carbocycles. The monoisotopic (exact) mass is 258 g/mol. The number of benzene rings is 1. The topological polar surface area (TPSA) is 20.7 Å². The van der Waals surface area contributed by atoms with Gasteiger partial charge in [0, 0.05) is 11.6 Å². The van der Waals surface area contributed by atoms with Crippen LogP contribution in [-0.4, -0.2) is 9.78 Å². The first-order valence-electron chi connectivity index (χ1n) is 6.63. The highest BCUT2D eigenvalue weighted by molar-refractivity contribution is 7.71. The lowest BCUT2D eigenvalue weighted by atomic mass is 10.1. The summed E-state index contributed by atoms with van der Waals surface area (Å²) in [4.78, 5) is 0. The first-order valence-corrected chi connectivity index (χ1v) is 7.04. The maximum absolute atomic E-state index is 5.48. The lowest BCUT2D eigenvalue weighted by Crippen LogP contribution is -2.01. The minimum Gasteiger partial charge on any atom is -0.297 e. The van der Waals surface area contributed by atoms with Crippen LogP contribution in [0.2, 0.25) is 0 Å². The third-order valence-electron chi connectivity index (χ3n) is 3.89. The van der Waals surface area contributed by atoms with Crippen LogP contribution >= 0.6 is 12.2 Å². The predicted molar refractivity (Wildman–Crippen MR) is 76.9 cm³/mol. The lowest BCUT2D eigenvalue weighted by molar-refractivity contribution is 0.677. The minimum absolute atomic E-state index is 0.678. The Hall–Kier alpha value is -1.35. The van der Waals surface area contributed by atoms with Crippen molar-refractivity contribution >= 4 is 12.2 Å². The third kappa shape index (κ3) is 2.03. The average Bonchev–Trinajstić information content (AvgIpc) is 2.99. The zero-order valence-corrected chi connectivity index (χ0v) is 11.5. The van der Waals surface area contributed by atoms with Gasteiger partial charge in [-0.3, -0.25) is 5.10 Å². The van der Waals surface area contributed by atoms with Crippen molar-refractivity contribution in [2.45, 2.75) is 38.5 Å². The number of aromatic amines is 1. The highest BCUT2D eigenvalue weighted by atomic mass is 32.1. The van der Waals surface area contributed by atoms with Crippen LogP contribution in [-0.2, 0) is 0 Å². The first kappa shape index (κ1) is 11.7. The van der Waals surface area contributed by atoms with E-state index in [2.05, 4.69) is 42.4 Å². The van der Waals surface area contributed by atoms with Crippen molar-refractivity contribution in [2.75, 3.05) is 0 Å². The van der Waals surface area contributed by atoms with E-state index in [9.17, 15) is 0 Å². The standard InChI is InChI=1S/C15H18N2S/c1-11-6-2-5-9-14(11)17-15(18)10-13(16-17)12-7-3-4-8-12/h2,5-6,9-10,12,16H,3-4,7-8H2,1H3. The largest absolute Gasteiger partial charge is 0.297 e. The van der Waals surface area contributed by atoms with Gasteiger partial charge in [-0.05, 0) is 37.5 Å². The number of para-hydroxylation sites is 1. The van der Waals surface area contributed by atoms with Crippen LogP contribution in [0.25, 0.3) is 5.69 Å². The molecule has 1 aliphatic rings. The van der Waals surface area contributed by atoms with Gasteiger partial charge in [-0.25, -0.2) is 4.68 Å². The van der Waals surface area contributed by atoms with Crippen molar-refractivity contribution in [3.8, 4) is 5.69 Å². The van der Waals surface area contributed by atoms with Crippen LogP contribution in [0.5, 0.6) is 0 Å². The Morgan fingerprint density at radius 2 is 1.94 bits per heavy atom. The summed E-state index contributed by atoms with van der Waals surface area (Å²) < 4.78 is 2.92. The van der Waals surface area contributed by atoms with E-state index in [-0.39, 0.29) is 0 Å². The van der Waals surface area contributed by atoms with Crippen molar-refractivity contribution in [2.24, 2.45) is 0 Å². The highest BCUT2D eigenvalue weighted by Gasteiger charge is 2.19. The Morgan fingerprint density at radius 1 is 1.22 bits per heavy atom. The van der Waals surface area contributed by atoms with Crippen molar-refractivity contribution in [3.05, 3.63) is 46.2 Å². The maximum Gasteiger partial charge on any atom is 0.127 e. The summed E-state index contributed by atoms with van der Waals surface area (Å²) >= 11 is 5.48. The van der Waals surface area contributed by atoms with Crippen molar-refractivity contribution in [1.82, 2.24) is 9.78 Å². The molecule has 0 amide bonds. The average molecular weight is 258 g/mol. The van der Waals surface area contributed by atoms with Crippen LogP contribution in [0.1, 0.15) is 42.9 Å². The summed E-state index contributed by atoms with van der Waals surface area (Å²) in [6.07, 6.45) is 5.29. The van der Waals surface area contributed by atoms with E-state index in [1.54, 1.807) is 0 Å². The summed E-state index contributed by atoms with van der Waals surface area (Å²) in [6, 6.07) is 10.5. The van der Waals surface area contributed by atoms with Crippen LogP contribution < -0.4 is 0 Å². The molecule has 0 unspecified atom stereocenters. The zero-order chi connectivity index (χ0) is 12.5. The molecule has 1 fully saturated rings. The zero-order valence-electron chi connectivity index (χ0n) is 10.6. The van der Waals surface area contributed by atoms with E-state index < -0.39 is 0 Å². The lowest BCUT2D eigenvalue weighted by Gasteiger charge is -2.08. The minimum atomic E-state index is 0.678. The molecule has 2 nitrogen and oxygen atoms in total. The molecule has 94 valence electrons. The molecule has 0 bridgehead atoms. The second-order valence-electron chi connectivity index (χ2n) is 5.15. The Bertz CT molecular complexity index is 603. The molecule has 1 aromatic heterocycles. The van der Waals surface area contributed by atoms with Crippen LogP contribution in [0, 0.1) is 11.6 Å². The quantitative estimate of drug-likeness (QED) is 0.786. The molecule has 1 saturated carbocycles. The molecule has 3 heteroatoms. The van der Waals surface area contributed by atoms with Gasteiger partial charge in [-0.2, -0.15) is 0 Å². The molecule has 0 aliphatic heterocycles. The third-order valence-corrected chi connectivity index (χ3v) is 4.19. The Balaban J connectivity index is 2.03. The molecular weight excluding hydrogens is 240 g/mol. The van der Waals surface area contributed by atoms with Crippen LogP contribution in [0.4, 0.5) is 0 Å². The number of nitrogens with one attached hydrogen (secondary N) is 1. The number of H-pyrrole nitrogens is 1. The number of aromatic nitrogens is 2. The van der Waals surface area contributed by atoms with Gasteiger partial charge in [0.25, 0.3) is 0 Å². The van der Waals surface area contributed by atoms with E-state index in [1.807, 2.05) is 4.68 Å². The number of hydrogen-bond donors (Lipinski definition) is 1. The molecule has 18 heavy (non-hydrogen) atoms. The predicted octanol–water partition coefficient (Wildman–Crippen LogP) is 4.50. The normalized spacial score (nSPS) is 16.3. The molecule has 1 heterocycles. The fourth-order valence-electron chi connectivity index (χ4n) is 2.85. The number of aryl methyl sites for hydroxylation is 1. The smallest absolute Gasteiger partial charge is 0.127 e. The number of nitrogens with zero attached hydrogens (tertiary/aromatic N) is 1. The fourth-order valence-corrected chi connectivity index (χ4v) is 3.12. The number of rotatable bonds is 2. The second-order valence-corrected chi connectivity index (χ2v) is 5.57. The van der Waals surface area contributed by atoms with Gasteiger partial charge in [0.15, 0.2) is 0 Å². The van der Waals surface area contributed by atoms with Crippen molar-refractivity contribution in [1.29, 1.82) is 0 Å². The van der Waals surface area contributed by atoms with E-state index >= 15 is 0 Å². The van der Waals surface area contributed by atoms with E-state index in [1.165, 1.54) is 36.9 Å². The van der Waals surface area contributed by atoms with Gasteiger partial charge in [-0.1, -0.05) is 43.3 Å². The van der Waals surface area contributed by atoms with Gasteiger partial charge in [0.05, 0.1) is 5.69 Å². The molecule has 0 radical (unpaired) electrons. The Labute approximate surface area is 113 Å². The van der Waals surface area contributed by atoms with Crippen LogP contribution in [0.15, 0.2) is 30.3 Å². The SMILES string of the molecule is Cc1ccccc1-n1[nH]c(C2CCCC2)cc1=S. The van der Waals surface area contributed by atoms with Gasteiger partial charge < -0.3 is 0 Å².